The number of carbonyl (C=O) groups is 2. The normalized spacial score (nSPS) is 25.1. The molecular formula is C26H30O8. The molecule has 34 heavy (non-hydrogen) atoms. The largest absolute Gasteiger partial charge is 0.491 e. The van der Waals surface area contributed by atoms with Crippen LogP contribution >= 0.6 is 0 Å². The lowest BCUT2D eigenvalue weighted by Crippen LogP contribution is -2.52. The van der Waals surface area contributed by atoms with Crippen LogP contribution in [-0.4, -0.2) is 65.8 Å². The third-order valence-electron chi connectivity index (χ3n) is 6.39. The summed E-state index contributed by atoms with van der Waals surface area (Å²) in [5.74, 6) is -1.24. The molecule has 1 saturated carbocycles. The zero-order valence-electron chi connectivity index (χ0n) is 19.4. The summed E-state index contributed by atoms with van der Waals surface area (Å²) >= 11 is 0. The van der Waals surface area contributed by atoms with Crippen molar-refractivity contribution in [2.45, 2.75) is 11.8 Å². The number of esters is 2. The van der Waals surface area contributed by atoms with E-state index in [0.29, 0.717) is 51.1 Å². The Morgan fingerprint density at radius 3 is 1.32 bits per heavy atom. The molecule has 6 rings (SSSR count). The molecule has 0 radical (unpaired) electrons. The molecule has 0 amide bonds. The van der Waals surface area contributed by atoms with Gasteiger partial charge >= 0.3 is 11.9 Å². The van der Waals surface area contributed by atoms with Gasteiger partial charge in [-0.25, -0.2) is 0 Å². The molecule has 0 N–H and O–H groups in total. The highest BCUT2D eigenvalue weighted by Gasteiger charge is 2.59. The summed E-state index contributed by atoms with van der Waals surface area (Å²) < 4.78 is 32.7. The minimum absolute atomic E-state index is 0.250. The van der Waals surface area contributed by atoms with Gasteiger partial charge in [-0.05, 0) is 35.4 Å². The van der Waals surface area contributed by atoms with E-state index in [-0.39, 0.29) is 11.8 Å². The molecule has 1 fully saturated rings. The number of carbonyl (C=O) groups excluding carboxylic acids is 2. The second-order valence-electron chi connectivity index (χ2n) is 8.21. The Morgan fingerprint density at radius 2 is 0.971 bits per heavy atom. The first kappa shape index (κ1) is 24.0. The lowest BCUT2D eigenvalue weighted by molar-refractivity contribution is -0.168. The Kier molecular flexibility index (Phi) is 8.03. The second-order valence-corrected chi connectivity index (χ2v) is 8.21. The van der Waals surface area contributed by atoms with Gasteiger partial charge in [-0.2, -0.15) is 0 Å². The number of hydrogen-bond acceptors (Lipinski definition) is 8. The maximum Gasteiger partial charge on any atom is 0.310 e. The average molecular weight is 471 g/mol. The van der Waals surface area contributed by atoms with E-state index >= 15 is 0 Å². The minimum atomic E-state index is -0.645. The van der Waals surface area contributed by atoms with Crippen LogP contribution < -0.4 is 9.47 Å². The molecule has 0 aromatic heterocycles. The zero-order chi connectivity index (χ0) is 23.9. The molecule has 8 heteroatoms. The zero-order valence-corrected chi connectivity index (χ0v) is 19.4. The Labute approximate surface area is 199 Å². The summed E-state index contributed by atoms with van der Waals surface area (Å²) in [5, 5.41) is 0. The van der Waals surface area contributed by atoms with Crippen LogP contribution in [0.3, 0.4) is 0 Å². The molecule has 182 valence electrons. The van der Waals surface area contributed by atoms with Crippen LogP contribution in [0.15, 0.2) is 48.5 Å². The summed E-state index contributed by atoms with van der Waals surface area (Å²) in [6, 6.07) is 15.2. The van der Waals surface area contributed by atoms with Gasteiger partial charge in [0.05, 0.1) is 52.5 Å². The molecule has 4 aliphatic rings. The van der Waals surface area contributed by atoms with E-state index in [9.17, 15) is 9.59 Å². The molecule has 4 bridgehead atoms. The molecule has 1 aliphatic carbocycles. The van der Waals surface area contributed by atoms with E-state index in [1.54, 1.807) is 0 Å². The van der Waals surface area contributed by atoms with Gasteiger partial charge in [-0.3, -0.25) is 9.59 Å². The van der Waals surface area contributed by atoms with Crippen molar-refractivity contribution in [2.75, 3.05) is 53.9 Å². The van der Waals surface area contributed by atoms with Crippen LogP contribution in [0.5, 0.6) is 11.5 Å². The van der Waals surface area contributed by atoms with Gasteiger partial charge in [0, 0.05) is 11.8 Å². The van der Waals surface area contributed by atoms with Crippen molar-refractivity contribution in [3.63, 3.8) is 0 Å². The van der Waals surface area contributed by atoms with Crippen molar-refractivity contribution in [3.05, 3.63) is 59.7 Å². The third kappa shape index (κ3) is 5.18. The van der Waals surface area contributed by atoms with Gasteiger partial charge in [0.1, 0.15) is 24.7 Å². The van der Waals surface area contributed by atoms with Gasteiger partial charge in [-0.15, -0.1) is 0 Å². The smallest absolute Gasteiger partial charge is 0.310 e. The van der Waals surface area contributed by atoms with E-state index < -0.39 is 23.8 Å². The lowest BCUT2D eigenvalue weighted by Gasteiger charge is -2.49. The topological polar surface area (TPSA) is 89.5 Å². The number of fused-ring (bicyclic) bond motifs is 2. The molecule has 2 aromatic rings. The molecule has 4 atom stereocenters. The van der Waals surface area contributed by atoms with E-state index in [2.05, 4.69) is 0 Å². The van der Waals surface area contributed by atoms with Crippen molar-refractivity contribution >= 4 is 11.9 Å². The van der Waals surface area contributed by atoms with Gasteiger partial charge in [0.25, 0.3) is 0 Å². The Morgan fingerprint density at radius 1 is 0.618 bits per heavy atom. The number of methoxy groups -OCH3 is 2. The van der Waals surface area contributed by atoms with Crippen LogP contribution in [-0.2, 0) is 28.5 Å². The van der Waals surface area contributed by atoms with Crippen LogP contribution in [0, 0.1) is 11.8 Å². The Balaban J connectivity index is 1.67. The standard InChI is InChI=1S/C26H30O8/c1-29-25(27)23-21-17-3-7-19(8-4-17)33-15-13-31-11-12-32-14-16-34-20-9-5-18(6-10-20)22(21)24(23)26(28)30-2/h3-10,21-24H,11-16H2,1-2H3/t21-,22+,23+,24-. The number of rotatable bonds is 2. The van der Waals surface area contributed by atoms with Gasteiger partial charge in [-0.1, -0.05) is 24.3 Å². The maximum atomic E-state index is 12.7. The van der Waals surface area contributed by atoms with E-state index in [1.165, 1.54) is 14.2 Å². The summed E-state index contributed by atoms with van der Waals surface area (Å²) in [6.45, 7) is 2.69. The lowest BCUT2D eigenvalue weighted by atomic mass is 9.52. The molecule has 0 saturated heterocycles. The van der Waals surface area contributed by atoms with Gasteiger partial charge < -0.3 is 28.4 Å². The molecular weight excluding hydrogens is 440 g/mol. The van der Waals surface area contributed by atoms with Crippen molar-refractivity contribution in [2.24, 2.45) is 11.8 Å². The monoisotopic (exact) mass is 470 g/mol. The summed E-state index contributed by atoms with van der Waals surface area (Å²) in [7, 11) is 2.68. The van der Waals surface area contributed by atoms with Gasteiger partial charge in [0.15, 0.2) is 0 Å². The maximum absolute atomic E-state index is 12.7. The minimum Gasteiger partial charge on any atom is -0.491 e. The summed E-state index contributed by atoms with van der Waals surface area (Å²) in [6.07, 6.45) is 0. The summed E-state index contributed by atoms with van der Waals surface area (Å²) in [5.41, 5.74) is 1.85. The fourth-order valence-electron chi connectivity index (χ4n) is 4.77. The van der Waals surface area contributed by atoms with Crippen molar-refractivity contribution in [1.29, 1.82) is 0 Å². The van der Waals surface area contributed by atoms with Crippen LogP contribution in [0.1, 0.15) is 23.0 Å². The first-order valence-corrected chi connectivity index (χ1v) is 11.4. The second kappa shape index (κ2) is 11.4. The molecule has 0 unspecified atom stereocenters. The van der Waals surface area contributed by atoms with E-state index in [1.807, 2.05) is 48.5 Å². The summed E-state index contributed by atoms with van der Waals surface area (Å²) in [4.78, 5) is 25.5. The predicted octanol–water partition coefficient (Wildman–Crippen LogP) is 2.95. The fourth-order valence-corrected chi connectivity index (χ4v) is 4.77. The molecule has 2 aromatic carbocycles. The molecule has 3 aliphatic heterocycles. The van der Waals surface area contributed by atoms with Crippen molar-refractivity contribution in [3.8, 4) is 11.5 Å². The van der Waals surface area contributed by atoms with E-state index in [4.69, 9.17) is 28.4 Å². The number of benzene rings is 2. The SMILES string of the molecule is COC(=O)[C@@H]1[C@H](C(=O)OC)[C@H]2c3ccc(cc3)OCCOCCOCCOc3ccc(cc3)[C@@H]12. The Bertz CT molecular complexity index is 876. The van der Waals surface area contributed by atoms with Crippen molar-refractivity contribution in [1.82, 2.24) is 0 Å². The first-order chi connectivity index (χ1) is 16.6. The quantitative estimate of drug-likeness (QED) is 0.619. The molecule has 3 heterocycles. The van der Waals surface area contributed by atoms with Gasteiger partial charge in [0.2, 0.25) is 0 Å². The van der Waals surface area contributed by atoms with Crippen molar-refractivity contribution < 1.29 is 38.0 Å². The van der Waals surface area contributed by atoms with Crippen LogP contribution in [0.4, 0.5) is 0 Å². The van der Waals surface area contributed by atoms with Crippen LogP contribution in [0.2, 0.25) is 0 Å². The molecule has 0 spiro atoms. The highest BCUT2D eigenvalue weighted by Crippen LogP contribution is 2.58. The third-order valence-corrected chi connectivity index (χ3v) is 6.39. The highest BCUT2D eigenvalue weighted by molar-refractivity contribution is 5.87. The average Bonchev–Trinajstić information content (AvgIpc) is 2.85. The fraction of sp³-hybridized carbons (Fsp3) is 0.462. The number of ether oxygens (including phenoxy) is 6. The molecule has 8 nitrogen and oxygen atoms in total. The predicted molar refractivity (Wildman–Crippen MR) is 122 cm³/mol. The Hall–Kier alpha value is -3.10. The number of hydrogen-bond donors (Lipinski definition) is 0. The van der Waals surface area contributed by atoms with Crippen LogP contribution in [0.25, 0.3) is 0 Å². The highest BCUT2D eigenvalue weighted by atomic mass is 16.6. The first-order valence-electron chi connectivity index (χ1n) is 11.4. The van der Waals surface area contributed by atoms with E-state index in [0.717, 1.165) is 11.1 Å².